The maximum Gasteiger partial charge on any atom is 0.407 e. The summed E-state index contributed by atoms with van der Waals surface area (Å²) in [5, 5.41) is 8.50. The van der Waals surface area contributed by atoms with Gasteiger partial charge in [-0.15, -0.1) is 0 Å². The predicted molar refractivity (Wildman–Crippen MR) is 44.1 cm³/mol. The van der Waals surface area contributed by atoms with Gasteiger partial charge in [0.25, 0.3) is 0 Å². The number of nitrogens with two attached hydrogens (primary N) is 1. The monoisotopic (exact) mass is 218 g/mol. The first-order valence-corrected chi connectivity index (χ1v) is 3.88. The average molecular weight is 218 g/mol. The van der Waals surface area contributed by atoms with Crippen LogP contribution in [0.4, 0.5) is 17.6 Å². The average Bonchev–Trinajstić information content (AvgIpc) is 2.14. The van der Waals surface area contributed by atoms with E-state index < -0.39 is 29.2 Å². The normalized spacial score (nSPS) is 13.3. The SMILES string of the molecule is N#Cc1c(F)cccc1[C@@H](N)C(F)(F)F. The van der Waals surface area contributed by atoms with Crippen LogP contribution in [-0.4, -0.2) is 6.18 Å². The third-order valence-corrected chi connectivity index (χ3v) is 1.85. The molecule has 2 N–H and O–H groups in total. The van der Waals surface area contributed by atoms with Crippen LogP contribution in [-0.2, 0) is 0 Å². The Morgan fingerprint density at radius 2 is 1.93 bits per heavy atom. The third kappa shape index (κ3) is 2.25. The van der Waals surface area contributed by atoms with Gasteiger partial charge in [-0.2, -0.15) is 18.4 Å². The molecule has 0 aliphatic heterocycles. The molecule has 0 amide bonds. The van der Waals surface area contributed by atoms with Crippen LogP contribution in [0.1, 0.15) is 17.2 Å². The molecule has 1 aromatic rings. The van der Waals surface area contributed by atoms with Gasteiger partial charge in [0.2, 0.25) is 0 Å². The van der Waals surface area contributed by atoms with E-state index in [1.54, 1.807) is 0 Å². The number of nitriles is 1. The maximum absolute atomic E-state index is 13.0. The molecule has 6 heteroatoms. The van der Waals surface area contributed by atoms with Crippen LogP contribution in [0.25, 0.3) is 0 Å². The fraction of sp³-hybridized carbons (Fsp3) is 0.222. The van der Waals surface area contributed by atoms with Crippen molar-refractivity contribution in [2.45, 2.75) is 12.2 Å². The van der Waals surface area contributed by atoms with Crippen molar-refractivity contribution in [3.8, 4) is 6.07 Å². The van der Waals surface area contributed by atoms with E-state index in [-0.39, 0.29) is 0 Å². The van der Waals surface area contributed by atoms with Crippen molar-refractivity contribution in [1.82, 2.24) is 0 Å². The summed E-state index contributed by atoms with van der Waals surface area (Å²) in [6, 6.07) is 1.99. The van der Waals surface area contributed by atoms with Gasteiger partial charge in [0.05, 0.1) is 5.56 Å². The van der Waals surface area contributed by atoms with Crippen LogP contribution in [0.2, 0.25) is 0 Å². The molecule has 1 atom stereocenters. The highest BCUT2D eigenvalue weighted by Gasteiger charge is 2.39. The summed E-state index contributed by atoms with van der Waals surface area (Å²) in [4.78, 5) is 0. The molecule has 0 aromatic heterocycles. The lowest BCUT2D eigenvalue weighted by Gasteiger charge is -2.16. The molecule has 0 saturated heterocycles. The minimum Gasteiger partial charge on any atom is -0.316 e. The van der Waals surface area contributed by atoms with Gasteiger partial charge in [-0.25, -0.2) is 4.39 Å². The number of nitrogens with zero attached hydrogens (tertiary/aromatic N) is 1. The number of hydrogen-bond acceptors (Lipinski definition) is 2. The first-order valence-electron chi connectivity index (χ1n) is 3.88. The molecule has 1 rings (SSSR count). The Balaban J connectivity index is 3.27. The zero-order valence-electron chi connectivity index (χ0n) is 7.35. The molecule has 0 unspecified atom stereocenters. The Hall–Kier alpha value is -1.61. The van der Waals surface area contributed by atoms with E-state index in [4.69, 9.17) is 11.0 Å². The number of rotatable bonds is 1. The van der Waals surface area contributed by atoms with Crippen LogP contribution in [0, 0.1) is 17.1 Å². The van der Waals surface area contributed by atoms with E-state index >= 15 is 0 Å². The molecule has 0 radical (unpaired) electrons. The molecule has 80 valence electrons. The lowest BCUT2D eigenvalue weighted by Crippen LogP contribution is -2.29. The second-order valence-corrected chi connectivity index (χ2v) is 2.84. The molecule has 0 aliphatic rings. The van der Waals surface area contributed by atoms with Gasteiger partial charge in [-0.05, 0) is 11.6 Å². The second-order valence-electron chi connectivity index (χ2n) is 2.84. The van der Waals surface area contributed by atoms with Crippen molar-refractivity contribution >= 4 is 0 Å². The van der Waals surface area contributed by atoms with Crippen molar-refractivity contribution < 1.29 is 17.6 Å². The Morgan fingerprint density at radius 3 is 2.40 bits per heavy atom. The number of benzene rings is 1. The van der Waals surface area contributed by atoms with Gasteiger partial charge >= 0.3 is 6.18 Å². The van der Waals surface area contributed by atoms with Crippen LogP contribution in [0.3, 0.4) is 0 Å². The zero-order valence-corrected chi connectivity index (χ0v) is 7.35. The Morgan fingerprint density at radius 1 is 1.33 bits per heavy atom. The quantitative estimate of drug-likeness (QED) is 0.735. The Kier molecular flexibility index (Phi) is 2.95. The molecule has 2 nitrogen and oxygen atoms in total. The lowest BCUT2D eigenvalue weighted by molar-refractivity contribution is -0.149. The second kappa shape index (κ2) is 3.87. The molecular formula is C9H6F4N2. The first-order chi connectivity index (χ1) is 6.88. The van der Waals surface area contributed by atoms with Gasteiger partial charge in [-0.1, -0.05) is 12.1 Å². The Bertz CT molecular complexity index is 406. The molecule has 0 fully saturated rings. The smallest absolute Gasteiger partial charge is 0.316 e. The van der Waals surface area contributed by atoms with Crippen molar-refractivity contribution in [2.75, 3.05) is 0 Å². The van der Waals surface area contributed by atoms with Gasteiger partial charge < -0.3 is 5.73 Å². The van der Waals surface area contributed by atoms with Gasteiger partial charge in [0.15, 0.2) is 0 Å². The maximum atomic E-state index is 13.0. The molecule has 0 saturated carbocycles. The summed E-state index contributed by atoms with van der Waals surface area (Å²) in [6.07, 6.45) is -4.70. The summed E-state index contributed by atoms with van der Waals surface area (Å²) >= 11 is 0. The molecule has 0 aliphatic carbocycles. The van der Waals surface area contributed by atoms with E-state index in [2.05, 4.69) is 0 Å². The number of halogens is 4. The van der Waals surface area contributed by atoms with Gasteiger partial charge in [-0.3, -0.25) is 0 Å². The van der Waals surface area contributed by atoms with Gasteiger partial charge in [0.1, 0.15) is 17.9 Å². The van der Waals surface area contributed by atoms with E-state index in [0.717, 1.165) is 18.2 Å². The molecule has 0 spiro atoms. The largest absolute Gasteiger partial charge is 0.407 e. The number of hydrogen-bond donors (Lipinski definition) is 1. The van der Waals surface area contributed by atoms with E-state index in [0.29, 0.717) is 0 Å². The van der Waals surface area contributed by atoms with Crippen LogP contribution < -0.4 is 5.73 Å². The fourth-order valence-corrected chi connectivity index (χ4v) is 1.09. The molecule has 0 bridgehead atoms. The molecular weight excluding hydrogens is 212 g/mol. The van der Waals surface area contributed by atoms with Crippen LogP contribution >= 0.6 is 0 Å². The Labute approximate surface area is 82.9 Å². The minimum absolute atomic E-state index is 0.551. The minimum atomic E-state index is -4.70. The standard InChI is InChI=1S/C9H6F4N2/c10-7-3-1-2-5(6(7)4-14)8(15)9(11,12)13/h1-3,8H,15H2/t8-/m1/s1. The fourth-order valence-electron chi connectivity index (χ4n) is 1.09. The molecule has 1 aromatic carbocycles. The first kappa shape index (κ1) is 11.5. The molecule has 0 heterocycles. The number of alkyl halides is 3. The van der Waals surface area contributed by atoms with E-state index in [9.17, 15) is 17.6 Å². The van der Waals surface area contributed by atoms with Crippen molar-refractivity contribution in [2.24, 2.45) is 5.73 Å². The van der Waals surface area contributed by atoms with Crippen molar-refractivity contribution in [3.05, 3.63) is 35.1 Å². The lowest BCUT2D eigenvalue weighted by atomic mass is 10.0. The summed E-state index contributed by atoms with van der Waals surface area (Å²) in [7, 11) is 0. The van der Waals surface area contributed by atoms with E-state index in [1.807, 2.05) is 0 Å². The third-order valence-electron chi connectivity index (χ3n) is 1.85. The van der Waals surface area contributed by atoms with Gasteiger partial charge in [0, 0.05) is 0 Å². The highest BCUT2D eigenvalue weighted by Crippen LogP contribution is 2.32. The predicted octanol–water partition coefficient (Wildman–Crippen LogP) is 2.26. The van der Waals surface area contributed by atoms with Crippen LogP contribution in [0.15, 0.2) is 18.2 Å². The summed E-state index contributed by atoms with van der Waals surface area (Å²) in [6.45, 7) is 0. The highest BCUT2D eigenvalue weighted by atomic mass is 19.4. The topological polar surface area (TPSA) is 49.8 Å². The summed E-state index contributed by atoms with van der Waals surface area (Å²) in [5.41, 5.74) is 3.66. The summed E-state index contributed by atoms with van der Waals surface area (Å²) in [5.74, 6) is -1.00. The summed E-state index contributed by atoms with van der Waals surface area (Å²) < 4.78 is 49.6. The van der Waals surface area contributed by atoms with Crippen molar-refractivity contribution in [3.63, 3.8) is 0 Å². The van der Waals surface area contributed by atoms with Crippen molar-refractivity contribution in [1.29, 1.82) is 5.26 Å². The molecule has 15 heavy (non-hydrogen) atoms. The highest BCUT2D eigenvalue weighted by molar-refractivity contribution is 5.41. The van der Waals surface area contributed by atoms with Crippen LogP contribution in [0.5, 0.6) is 0 Å². The zero-order chi connectivity index (χ0) is 11.6. The van der Waals surface area contributed by atoms with E-state index in [1.165, 1.54) is 6.07 Å².